The predicted octanol–water partition coefficient (Wildman–Crippen LogP) is 2.43. The van der Waals surface area contributed by atoms with Gasteiger partial charge in [-0.25, -0.2) is 4.98 Å². The van der Waals surface area contributed by atoms with Crippen molar-refractivity contribution < 1.29 is 22.4 Å². The van der Waals surface area contributed by atoms with E-state index in [1.807, 2.05) is 4.90 Å². The van der Waals surface area contributed by atoms with Gasteiger partial charge in [-0.15, -0.1) is 11.3 Å². The number of alkyl halides is 3. The standard InChI is InChI=1S/C12H13F3N4O2S/c1-7-16-11(21-18-7)8-5-20-3-2-19(8)4-10-17-9(6-22-10)12(13,14)15/h6,8H,2-5H2,1H3/t8-/m0/s1. The summed E-state index contributed by atoms with van der Waals surface area (Å²) in [6, 6.07) is -0.270. The molecule has 0 aromatic carbocycles. The Hall–Kier alpha value is -1.52. The molecule has 6 nitrogen and oxygen atoms in total. The van der Waals surface area contributed by atoms with Crippen molar-refractivity contribution in [2.45, 2.75) is 25.7 Å². The van der Waals surface area contributed by atoms with Crippen molar-refractivity contribution in [2.24, 2.45) is 0 Å². The third kappa shape index (κ3) is 3.28. The van der Waals surface area contributed by atoms with Crippen molar-refractivity contribution >= 4 is 11.3 Å². The van der Waals surface area contributed by atoms with Gasteiger partial charge in [-0.3, -0.25) is 4.90 Å². The Kier molecular flexibility index (Phi) is 4.15. The molecule has 0 bridgehead atoms. The van der Waals surface area contributed by atoms with Gasteiger partial charge in [0.25, 0.3) is 0 Å². The Morgan fingerprint density at radius 1 is 1.41 bits per heavy atom. The first-order valence-corrected chi connectivity index (χ1v) is 7.45. The molecule has 3 heterocycles. The largest absolute Gasteiger partial charge is 0.434 e. The molecule has 0 amide bonds. The van der Waals surface area contributed by atoms with Crippen LogP contribution in [-0.2, 0) is 17.5 Å². The fraction of sp³-hybridized carbons (Fsp3) is 0.583. The average molecular weight is 334 g/mol. The van der Waals surface area contributed by atoms with Crippen LogP contribution in [0.2, 0.25) is 0 Å². The number of aryl methyl sites for hydroxylation is 1. The summed E-state index contributed by atoms with van der Waals surface area (Å²) in [5, 5.41) is 5.17. The predicted molar refractivity (Wildman–Crippen MR) is 70.1 cm³/mol. The molecule has 2 aromatic rings. The number of hydrogen-bond donors (Lipinski definition) is 0. The Balaban J connectivity index is 1.75. The Bertz CT molecular complexity index is 642. The van der Waals surface area contributed by atoms with Gasteiger partial charge in [-0.1, -0.05) is 5.16 Å². The zero-order valence-electron chi connectivity index (χ0n) is 11.6. The first kappa shape index (κ1) is 15.4. The maximum absolute atomic E-state index is 12.6. The molecule has 0 spiro atoms. The zero-order chi connectivity index (χ0) is 15.7. The van der Waals surface area contributed by atoms with Gasteiger partial charge in [0.2, 0.25) is 5.89 Å². The molecule has 0 radical (unpaired) electrons. The lowest BCUT2D eigenvalue weighted by molar-refractivity contribution is -0.140. The second kappa shape index (κ2) is 5.94. The monoisotopic (exact) mass is 334 g/mol. The quantitative estimate of drug-likeness (QED) is 0.859. The van der Waals surface area contributed by atoms with Gasteiger partial charge >= 0.3 is 6.18 Å². The van der Waals surface area contributed by atoms with Crippen LogP contribution in [-0.4, -0.2) is 39.8 Å². The van der Waals surface area contributed by atoms with Gasteiger partial charge in [-0.05, 0) is 6.92 Å². The number of halogens is 3. The van der Waals surface area contributed by atoms with Crippen LogP contribution in [0.25, 0.3) is 0 Å². The highest BCUT2D eigenvalue weighted by Gasteiger charge is 2.35. The molecule has 22 heavy (non-hydrogen) atoms. The Morgan fingerprint density at radius 2 is 2.23 bits per heavy atom. The fourth-order valence-electron chi connectivity index (χ4n) is 2.19. The van der Waals surface area contributed by atoms with E-state index in [4.69, 9.17) is 9.26 Å². The molecule has 1 atom stereocenters. The lowest BCUT2D eigenvalue weighted by Gasteiger charge is -2.32. The summed E-state index contributed by atoms with van der Waals surface area (Å²) in [4.78, 5) is 9.77. The molecule has 0 saturated carbocycles. The number of morpholine rings is 1. The average Bonchev–Trinajstić information content (AvgIpc) is 3.08. The van der Waals surface area contributed by atoms with E-state index in [2.05, 4.69) is 15.1 Å². The first-order valence-electron chi connectivity index (χ1n) is 6.57. The maximum atomic E-state index is 12.6. The van der Waals surface area contributed by atoms with Gasteiger partial charge in [0.1, 0.15) is 11.0 Å². The number of nitrogens with zero attached hydrogens (tertiary/aromatic N) is 4. The van der Waals surface area contributed by atoms with Crippen LogP contribution >= 0.6 is 11.3 Å². The van der Waals surface area contributed by atoms with Crippen LogP contribution in [0.5, 0.6) is 0 Å². The lowest BCUT2D eigenvalue weighted by atomic mass is 10.2. The minimum atomic E-state index is -4.41. The van der Waals surface area contributed by atoms with Crippen LogP contribution < -0.4 is 0 Å². The summed E-state index contributed by atoms with van der Waals surface area (Å²) >= 11 is 0.992. The summed E-state index contributed by atoms with van der Waals surface area (Å²) in [7, 11) is 0. The number of rotatable bonds is 3. The molecule has 0 aliphatic carbocycles. The van der Waals surface area contributed by atoms with E-state index in [1.54, 1.807) is 6.92 Å². The molecule has 0 N–H and O–H groups in total. The van der Waals surface area contributed by atoms with Crippen LogP contribution in [0.4, 0.5) is 13.2 Å². The van der Waals surface area contributed by atoms with E-state index in [0.717, 1.165) is 16.7 Å². The van der Waals surface area contributed by atoms with Crippen molar-refractivity contribution in [1.82, 2.24) is 20.0 Å². The van der Waals surface area contributed by atoms with Gasteiger partial charge in [0, 0.05) is 11.9 Å². The van der Waals surface area contributed by atoms with E-state index >= 15 is 0 Å². The smallest absolute Gasteiger partial charge is 0.378 e. The third-order valence-electron chi connectivity index (χ3n) is 3.25. The number of ether oxygens (including phenoxy) is 1. The number of aromatic nitrogens is 3. The summed E-state index contributed by atoms with van der Waals surface area (Å²) in [5.41, 5.74) is -0.856. The minimum Gasteiger partial charge on any atom is -0.378 e. The SMILES string of the molecule is Cc1noc([C@@H]2COCCN2Cc2nc(C(F)(F)F)cs2)n1. The van der Waals surface area contributed by atoms with E-state index in [0.29, 0.717) is 36.5 Å². The molecule has 0 unspecified atom stereocenters. The van der Waals surface area contributed by atoms with Crippen molar-refractivity contribution in [3.63, 3.8) is 0 Å². The normalized spacial score (nSPS) is 20.5. The molecule has 1 fully saturated rings. The summed E-state index contributed by atoms with van der Waals surface area (Å²) in [6.07, 6.45) is -4.41. The van der Waals surface area contributed by atoms with Crippen LogP contribution in [0.15, 0.2) is 9.90 Å². The third-order valence-corrected chi connectivity index (χ3v) is 4.08. The highest BCUT2D eigenvalue weighted by atomic mass is 32.1. The second-order valence-electron chi connectivity index (χ2n) is 4.87. The molecule has 120 valence electrons. The summed E-state index contributed by atoms with van der Waals surface area (Å²) < 4.78 is 48.4. The fourth-order valence-corrected chi connectivity index (χ4v) is 3.02. The molecule has 10 heteroatoms. The minimum absolute atomic E-state index is 0.270. The van der Waals surface area contributed by atoms with Gasteiger partial charge in [0.05, 0.1) is 19.8 Å². The number of hydrogen-bond acceptors (Lipinski definition) is 7. The van der Waals surface area contributed by atoms with E-state index < -0.39 is 11.9 Å². The molecule has 1 saturated heterocycles. The zero-order valence-corrected chi connectivity index (χ0v) is 12.4. The molecular formula is C12H13F3N4O2S. The van der Waals surface area contributed by atoms with E-state index in [-0.39, 0.29) is 12.6 Å². The highest BCUT2D eigenvalue weighted by molar-refractivity contribution is 7.09. The van der Waals surface area contributed by atoms with Crippen molar-refractivity contribution in [3.05, 3.63) is 27.8 Å². The maximum Gasteiger partial charge on any atom is 0.434 e. The van der Waals surface area contributed by atoms with Crippen molar-refractivity contribution in [2.75, 3.05) is 19.8 Å². The van der Waals surface area contributed by atoms with Gasteiger partial charge < -0.3 is 9.26 Å². The second-order valence-corrected chi connectivity index (χ2v) is 5.81. The van der Waals surface area contributed by atoms with E-state index in [1.165, 1.54) is 0 Å². The van der Waals surface area contributed by atoms with Crippen molar-refractivity contribution in [3.8, 4) is 0 Å². The highest BCUT2D eigenvalue weighted by Crippen LogP contribution is 2.31. The molecule has 1 aliphatic rings. The topological polar surface area (TPSA) is 64.3 Å². The Labute approximate surface area is 127 Å². The lowest BCUT2D eigenvalue weighted by Crippen LogP contribution is -2.39. The molecular weight excluding hydrogens is 321 g/mol. The van der Waals surface area contributed by atoms with Crippen LogP contribution in [0.1, 0.15) is 28.5 Å². The van der Waals surface area contributed by atoms with Crippen LogP contribution in [0.3, 0.4) is 0 Å². The molecule has 3 rings (SSSR count). The first-order chi connectivity index (χ1) is 10.4. The van der Waals surface area contributed by atoms with Crippen molar-refractivity contribution in [1.29, 1.82) is 0 Å². The van der Waals surface area contributed by atoms with Crippen LogP contribution in [0, 0.1) is 6.92 Å². The Morgan fingerprint density at radius 3 is 2.86 bits per heavy atom. The summed E-state index contributed by atoms with van der Waals surface area (Å²) in [6.45, 7) is 3.42. The molecule has 1 aliphatic heterocycles. The number of thiazole rings is 1. The van der Waals surface area contributed by atoms with Gasteiger partial charge in [0.15, 0.2) is 11.5 Å². The summed E-state index contributed by atoms with van der Waals surface area (Å²) in [5.74, 6) is 0.916. The van der Waals surface area contributed by atoms with Gasteiger partial charge in [-0.2, -0.15) is 18.2 Å². The van der Waals surface area contributed by atoms with E-state index in [9.17, 15) is 13.2 Å². The molecule has 2 aromatic heterocycles.